The van der Waals surface area contributed by atoms with Gasteiger partial charge in [0.05, 0.1) is 12.3 Å². The second-order valence-electron chi connectivity index (χ2n) is 7.55. The van der Waals surface area contributed by atoms with Crippen molar-refractivity contribution in [3.63, 3.8) is 0 Å². The second kappa shape index (κ2) is 6.92. The maximum atomic E-state index is 13.7. The molecule has 2 heterocycles. The zero-order valence-corrected chi connectivity index (χ0v) is 16.7. The lowest BCUT2D eigenvalue weighted by molar-refractivity contribution is -0.142. The Hall–Kier alpha value is -3.35. The maximum Gasteiger partial charge on any atom is 0.335 e. The number of nitrogens with zero attached hydrogens (tertiary/aromatic N) is 2. The van der Waals surface area contributed by atoms with Crippen LogP contribution in [0.4, 0.5) is 16.2 Å². The number of amides is 4. The van der Waals surface area contributed by atoms with E-state index in [-0.39, 0.29) is 13.0 Å². The van der Waals surface area contributed by atoms with Crippen molar-refractivity contribution in [3.05, 3.63) is 53.6 Å². The van der Waals surface area contributed by atoms with Crippen molar-refractivity contribution >= 4 is 29.2 Å². The first-order valence-corrected chi connectivity index (χ1v) is 9.60. The summed E-state index contributed by atoms with van der Waals surface area (Å²) in [4.78, 5) is 42.3. The molecule has 1 atom stereocenters. The molecule has 150 valence electrons. The Morgan fingerprint density at radius 1 is 1.10 bits per heavy atom. The van der Waals surface area contributed by atoms with Crippen LogP contribution in [-0.4, -0.2) is 38.0 Å². The lowest BCUT2D eigenvalue weighted by Gasteiger charge is -2.45. The first-order valence-electron chi connectivity index (χ1n) is 9.60. The lowest BCUT2D eigenvalue weighted by atomic mass is 9.74. The van der Waals surface area contributed by atoms with Crippen molar-refractivity contribution in [1.82, 2.24) is 5.32 Å². The number of urea groups is 1. The summed E-state index contributed by atoms with van der Waals surface area (Å²) >= 11 is 0. The van der Waals surface area contributed by atoms with Crippen LogP contribution in [0.3, 0.4) is 0 Å². The molecular weight excluding hydrogens is 370 g/mol. The average molecular weight is 393 g/mol. The molecule has 4 rings (SSSR count). The van der Waals surface area contributed by atoms with Crippen LogP contribution < -0.4 is 19.9 Å². The molecule has 2 aliphatic heterocycles. The molecule has 7 nitrogen and oxygen atoms in total. The van der Waals surface area contributed by atoms with Gasteiger partial charge < -0.3 is 9.64 Å². The summed E-state index contributed by atoms with van der Waals surface area (Å²) in [5.74, 6) is -0.669. The number of barbiturate groups is 1. The molecular formula is C22H23N3O4. The number of carbonyl (C=O) groups excluding carboxylic acids is 3. The monoisotopic (exact) mass is 393 g/mol. The molecule has 4 amide bonds. The molecule has 1 fully saturated rings. The van der Waals surface area contributed by atoms with E-state index in [2.05, 4.69) is 5.32 Å². The van der Waals surface area contributed by atoms with Crippen molar-refractivity contribution in [2.24, 2.45) is 5.41 Å². The van der Waals surface area contributed by atoms with Crippen molar-refractivity contribution in [3.8, 4) is 5.75 Å². The van der Waals surface area contributed by atoms with E-state index in [0.717, 1.165) is 21.7 Å². The molecule has 0 saturated carbocycles. The highest BCUT2D eigenvalue weighted by molar-refractivity contribution is 6.30. The number of nitrogens with one attached hydrogen (secondary N) is 1. The molecule has 0 radical (unpaired) electrons. The van der Waals surface area contributed by atoms with Crippen LogP contribution >= 0.6 is 0 Å². The highest BCUT2D eigenvalue weighted by Crippen LogP contribution is 2.42. The Morgan fingerprint density at radius 3 is 2.62 bits per heavy atom. The first kappa shape index (κ1) is 19.0. The fourth-order valence-corrected chi connectivity index (χ4v) is 4.21. The van der Waals surface area contributed by atoms with Crippen LogP contribution in [-0.2, 0) is 16.0 Å². The van der Waals surface area contributed by atoms with Crippen LogP contribution in [0, 0.1) is 12.3 Å². The molecule has 0 aromatic heterocycles. The lowest BCUT2D eigenvalue weighted by Crippen LogP contribution is -2.68. The molecule has 2 aromatic rings. The number of carbonyl (C=O) groups is 3. The number of rotatable bonds is 3. The Morgan fingerprint density at radius 2 is 1.86 bits per heavy atom. The molecule has 7 heteroatoms. The molecule has 2 aromatic carbocycles. The molecule has 0 aliphatic carbocycles. The summed E-state index contributed by atoms with van der Waals surface area (Å²) in [5, 5.41) is 2.40. The third-order valence-electron chi connectivity index (χ3n) is 5.52. The SMILES string of the molecule is CCOc1ccccc1N1C(=O)NC(=O)[C@@]2(Cc3cc(C)ccc3N(C)C2)C1=O. The number of imide groups is 2. The van der Waals surface area contributed by atoms with Crippen molar-refractivity contribution in [1.29, 1.82) is 0 Å². The van der Waals surface area contributed by atoms with Gasteiger partial charge in [0, 0.05) is 19.3 Å². The second-order valence-corrected chi connectivity index (χ2v) is 7.55. The van der Waals surface area contributed by atoms with Gasteiger partial charge in [-0.2, -0.15) is 0 Å². The van der Waals surface area contributed by atoms with E-state index in [4.69, 9.17) is 4.74 Å². The Bertz CT molecular complexity index is 1020. The van der Waals surface area contributed by atoms with Crippen molar-refractivity contribution < 1.29 is 19.1 Å². The van der Waals surface area contributed by atoms with Gasteiger partial charge in [-0.1, -0.05) is 29.8 Å². The number of fused-ring (bicyclic) bond motifs is 1. The predicted molar refractivity (Wildman–Crippen MR) is 109 cm³/mol. The zero-order valence-electron chi connectivity index (χ0n) is 16.7. The molecule has 1 N–H and O–H groups in total. The summed E-state index contributed by atoms with van der Waals surface area (Å²) in [6, 6.07) is 12.1. The van der Waals surface area contributed by atoms with E-state index >= 15 is 0 Å². The average Bonchev–Trinajstić information content (AvgIpc) is 2.68. The summed E-state index contributed by atoms with van der Waals surface area (Å²) in [6.45, 7) is 4.38. The summed E-state index contributed by atoms with van der Waals surface area (Å²) in [5.41, 5.74) is 1.89. The van der Waals surface area contributed by atoms with Crippen LogP contribution in [0.25, 0.3) is 0 Å². The normalized spacial score (nSPS) is 21.3. The number of hydrogen-bond donors (Lipinski definition) is 1. The highest BCUT2D eigenvalue weighted by atomic mass is 16.5. The largest absolute Gasteiger partial charge is 0.492 e. The minimum Gasteiger partial charge on any atom is -0.492 e. The van der Waals surface area contributed by atoms with Crippen molar-refractivity contribution in [2.45, 2.75) is 20.3 Å². The smallest absolute Gasteiger partial charge is 0.335 e. The van der Waals surface area contributed by atoms with Gasteiger partial charge in [0.2, 0.25) is 5.91 Å². The van der Waals surface area contributed by atoms with Crippen LogP contribution in [0.15, 0.2) is 42.5 Å². The number of aryl methyl sites for hydroxylation is 1. The van der Waals surface area contributed by atoms with Gasteiger partial charge in [-0.15, -0.1) is 0 Å². The van der Waals surface area contributed by atoms with Crippen LogP contribution in [0.2, 0.25) is 0 Å². The fourth-order valence-electron chi connectivity index (χ4n) is 4.21. The van der Waals surface area contributed by atoms with Gasteiger partial charge >= 0.3 is 6.03 Å². The van der Waals surface area contributed by atoms with Gasteiger partial charge in [-0.3, -0.25) is 14.9 Å². The number of para-hydroxylation sites is 2. The highest BCUT2D eigenvalue weighted by Gasteiger charge is 2.57. The van der Waals surface area contributed by atoms with Gasteiger partial charge in [-0.05, 0) is 44.0 Å². The van der Waals surface area contributed by atoms with Gasteiger partial charge in [0.15, 0.2) is 5.41 Å². The fraction of sp³-hybridized carbons (Fsp3) is 0.318. The molecule has 1 saturated heterocycles. The van der Waals surface area contributed by atoms with E-state index in [1.807, 2.05) is 44.0 Å². The summed E-state index contributed by atoms with van der Waals surface area (Å²) in [7, 11) is 1.85. The summed E-state index contributed by atoms with van der Waals surface area (Å²) in [6.07, 6.45) is 0.236. The number of hydrogen-bond acceptors (Lipinski definition) is 5. The van der Waals surface area contributed by atoms with Crippen LogP contribution in [0.5, 0.6) is 5.75 Å². The maximum absolute atomic E-state index is 13.7. The van der Waals surface area contributed by atoms with Crippen molar-refractivity contribution in [2.75, 3.05) is 30.0 Å². The standard InChI is InChI=1S/C22H23N3O4/c1-4-29-18-8-6-5-7-17(18)25-20(27)22(19(26)23-21(25)28)12-15-11-14(2)9-10-16(15)24(3)13-22/h5-11H,4,12-13H2,1-3H3,(H,23,26,28)/t22-/m0/s1. The predicted octanol–water partition coefficient (Wildman–Crippen LogP) is 2.66. The van der Waals surface area contributed by atoms with E-state index in [1.54, 1.807) is 24.3 Å². The van der Waals surface area contributed by atoms with E-state index < -0.39 is 23.3 Å². The third kappa shape index (κ3) is 2.93. The minimum atomic E-state index is -1.39. The minimum absolute atomic E-state index is 0.189. The van der Waals surface area contributed by atoms with Gasteiger partial charge in [-0.25, -0.2) is 9.69 Å². The number of ether oxygens (including phenoxy) is 1. The van der Waals surface area contributed by atoms with Gasteiger partial charge in [0.1, 0.15) is 5.75 Å². The molecule has 29 heavy (non-hydrogen) atoms. The topological polar surface area (TPSA) is 79.0 Å². The zero-order chi connectivity index (χ0) is 20.8. The molecule has 2 aliphatic rings. The Labute approximate surface area is 169 Å². The molecule has 1 spiro atoms. The molecule has 0 bridgehead atoms. The van der Waals surface area contributed by atoms with Gasteiger partial charge in [0.25, 0.3) is 5.91 Å². The summed E-state index contributed by atoms with van der Waals surface area (Å²) < 4.78 is 5.61. The van der Waals surface area contributed by atoms with E-state index in [0.29, 0.717) is 18.0 Å². The Kier molecular flexibility index (Phi) is 4.53. The third-order valence-corrected chi connectivity index (χ3v) is 5.52. The molecule has 0 unspecified atom stereocenters. The van der Waals surface area contributed by atoms with E-state index in [9.17, 15) is 14.4 Å². The Balaban J connectivity index is 1.81. The number of anilines is 2. The van der Waals surface area contributed by atoms with E-state index in [1.165, 1.54) is 0 Å². The first-order chi connectivity index (χ1) is 13.9. The van der Waals surface area contributed by atoms with Crippen LogP contribution in [0.1, 0.15) is 18.1 Å². The number of benzene rings is 2. The quantitative estimate of drug-likeness (QED) is 0.811.